The number of carbonyl (C=O) groups is 1. The Hall–Kier alpha value is -2.31. The number of rotatable bonds is 3. The van der Waals surface area contributed by atoms with Crippen molar-refractivity contribution in [1.82, 2.24) is 24.8 Å². The first-order chi connectivity index (χ1) is 12.1. The number of likely N-dealkylation sites (tertiary alicyclic amines) is 1. The van der Waals surface area contributed by atoms with Crippen molar-refractivity contribution >= 4 is 28.4 Å². The van der Waals surface area contributed by atoms with Crippen LogP contribution in [0.25, 0.3) is 22.3 Å². The lowest BCUT2D eigenvalue weighted by Crippen LogP contribution is -2.33. The zero-order chi connectivity index (χ0) is 17.4. The van der Waals surface area contributed by atoms with Gasteiger partial charge < -0.3 is 9.88 Å². The molecule has 1 saturated heterocycles. The standard InChI is InChI=1S/C18H18ClN5O/c1-24-4-2-11(3-5-24)17(25)16-10-20-9-15(23-16)12-6-13-14(19)8-22-18(13)21-7-12/h6-11H,2-5H2,1H3,(H,21,22). The van der Waals surface area contributed by atoms with E-state index in [1.165, 1.54) is 0 Å². The Morgan fingerprint density at radius 2 is 2.08 bits per heavy atom. The Morgan fingerprint density at radius 1 is 1.28 bits per heavy atom. The molecule has 0 radical (unpaired) electrons. The maximum Gasteiger partial charge on any atom is 0.185 e. The molecule has 4 heterocycles. The first-order valence-electron chi connectivity index (χ1n) is 8.29. The van der Waals surface area contributed by atoms with Crippen LogP contribution in [0.15, 0.2) is 30.9 Å². The van der Waals surface area contributed by atoms with Crippen molar-refractivity contribution in [1.29, 1.82) is 0 Å². The zero-order valence-corrected chi connectivity index (χ0v) is 14.6. The number of aromatic nitrogens is 4. The Labute approximate surface area is 150 Å². The minimum atomic E-state index is 0.0282. The van der Waals surface area contributed by atoms with Gasteiger partial charge in [0.05, 0.1) is 23.1 Å². The van der Waals surface area contributed by atoms with Crippen LogP contribution < -0.4 is 0 Å². The van der Waals surface area contributed by atoms with E-state index in [0.717, 1.165) is 42.5 Å². The number of pyridine rings is 1. The van der Waals surface area contributed by atoms with E-state index in [0.29, 0.717) is 16.4 Å². The summed E-state index contributed by atoms with van der Waals surface area (Å²) in [6, 6.07) is 1.91. The molecule has 0 saturated carbocycles. The fourth-order valence-electron chi connectivity index (χ4n) is 3.22. The maximum atomic E-state index is 12.8. The molecular weight excluding hydrogens is 338 g/mol. The molecule has 0 bridgehead atoms. The van der Waals surface area contributed by atoms with E-state index in [1.807, 2.05) is 6.07 Å². The number of nitrogens with one attached hydrogen (secondary N) is 1. The normalized spacial score (nSPS) is 16.4. The molecule has 4 rings (SSSR count). The summed E-state index contributed by atoms with van der Waals surface area (Å²) in [5, 5.41) is 1.43. The quantitative estimate of drug-likeness (QED) is 0.730. The number of carbonyl (C=O) groups excluding carboxylic acids is 1. The minimum Gasteiger partial charge on any atom is -0.345 e. The molecule has 0 aromatic carbocycles. The maximum absolute atomic E-state index is 12.8. The number of nitrogens with zero attached hydrogens (tertiary/aromatic N) is 4. The SMILES string of the molecule is CN1CCC(C(=O)c2cncc(-c3cnc4[nH]cc(Cl)c4c3)n2)CC1. The highest BCUT2D eigenvalue weighted by Gasteiger charge is 2.25. The third-order valence-electron chi connectivity index (χ3n) is 4.75. The Kier molecular flexibility index (Phi) is 4.23. The predicted octanol–water partition coefficient (Wildman–Crippen LogP) is 3.20. The summed E-state index contributed by atoms with van der Waals surface area (Å²) in [5.41, 5.74) is 2.57. The van der Waals surface area contributed by atoms with Crippen LogP contribution >= 0.6 is 11.6 Å². The largest absolute Gasteiger partial charge is 0.345 e. The highest BCUT2D eigenvalue weighted by Crippen LogP contribution is 2.27. The molecule has 1 aliphatic rings. The average Bonchev–Trinajstić information content (AvgIpc) is 3.02. The number of ketones is 1. The molecule has 7 heteroatoms. The van der Waals surface area contributed by atoms with Crippen LogP contribution in [0.5, 0.6) is 0 Å². The predicted molar refractivity (Wildman–Crippen MR) is 96.7 cm³/mol. The fourth-order valence-corrected chi connectivity index (χ4v) is 3.41. The molecule has 3 aromatic rings. The van der Waals surface area contributed by atoms with E-state index < -0.39 is 0 Å². The van der Waals surface area contributed by atoms with Crippen LogP contribution in [0.2, 0.25) is 5.02 Å². The summed E-state index contributed by atoms with van der Waals surface area (Å²) >= 11 is 6.16. The van der Waals surface area contributed by atoms with Crippen LogP contribution in [0, 0.1) is 5.92 Å². The molecule has 0 unspecified atom stereocenters. The second kappa shape index (κ2) is 6.54. The molecule has 128 valence electrons. The lowest BCUT2D eigenvalue weighted by molar-refractivity contribution is 0.0851. The van der Waals surface area contributed by atoms with Gasteiger partial charge in [-0.15, -0.1) is 0 Å². The summed E-state index contributed by atoms with van der Waals surface area (Å²) in [6.45, 7) is 1.88. The number of hydrogen-bond donors (Lipinski definition) is 1. The number of hydrogen-bond acceptors (Lipinski definition) is 5. The summed E-state index contributed by atoms with van der Waals surface area (Å²) in [6.07, 6.45) is 8.35. The zero-order valence-electron chi connectivity index (χ0n) is 13.9. The van der Waals surface area contributed by atoms with Crippen LogP contribution in [-0.4, -0.2) is 50.8 Å². The Bertz CT molecular complexity index is 930. The van der Waals surface area contributed by atoms with Gasteiger partial charge in [-0.3, -0.25) is 9.78 Å². The van der Waals surface area contributed by atoms with Gasteiger partial charge in [0.1, 0.15) is 11.3 Å². The van der Waals surface area contributed by atoms with E-state index in [4.69, 9.17) is 11.6 Å². The smallest absolute Gasteiger partial charge is 0.185 e. The van der Waals surface area contributed by atoms with E-state index in [1.54, 1.807) is 24.8 Å². The molecule has 0 aliphatic carbocycles. The van der Waals surface area contributed by atoms with E-state index in [9.17, 15) is 4.79 Å². The lowest BCUT2D eigenvalue weighted by Gasteiger charge is -2.27. The first-order valence-corrected chi connectivity index (χ1v) is 8.67. The third-order valence-corrected chi connectivity index (χ3v) is 5.07. The van der Waals surface area contributed by atoms with Gasteiger partial charge in [-0.05, 0) is 39.0 Å². The van der Waals surface area contributed by atoms with Gasteiger partial charge >= 0.3 is 0 Å². The van der Waals surface area contributed by atoms with E-state index in [2.05, 4.69) is 31.9 Å². The molecule has 25 heavy (non-hydrogen) atoms. The highest BCUT2D eigenvalue weighted by atomic mass is 35.5. The summed E-state index contributed by atoms with van der Waals surface area (Å²) in [5.74, 6) is 0.108. The van der Waals surface area contributed by atoms with Gasteiger partial charge in [0.15, 0.2) is 5.78 Å². The number of halogens is 1. The van der Waals surface area contributed by atoms with E-state index >= 15 is 0 Å². The minimum absolute atomic E-state index is 0.0282. The van der Waals surface area contributed by atoms with Crippen molar-refractivity contribution in [3.05, 3.63) is 41.6 Å². The topological polar surface area (TPSA) is 74.8 Å². The van der Waals surface area contributed by atoms with Gasteiger partial charge in [-0.25, -0.2) is 9.97 Å². The first kappa shape index (κ1) is 16.2. The monoisotopic (exact) mass is 355 g/mol. The Balaban J connectivity index is 1.64. The molecule has 1 aliphatic heterocycles. The summed E-state index contributed by atoms with van der Waals surface area (Å²) < 4.78 is 0. The van der Waals surface area contributed by atoms with Gasteiger partial charge in [-0.1, -0.05) is 11.6 Å². The molecular formula is C18H18ClN5O. The molecule has 1 fully saturated rings. The summed E-state index contributed by atoms with van der Waals surface area (Å²) in [7, 11) is 2.08. The molecule has 0 amide bonds. The second-order valence-corrected chi connectivity index (χ2v) is 6.90. The third kappa shape index (κ3) is 3.15. The number of fused-ring (bicyclic) bond motifs is 1. The van der Waals surface area contributed by atoms with Crippen LogP contribution in [-0.2, 0) is 0 Å². The number of aromatic amines is 1. The molecule has 0 atom stereocenters. The van der Waals surface area contributed by atoms with Crippen molar-refractivity contribution in [2.45, 2.75) is 12.8 Å². The van der Waals surface area contributed by atoms with Gasteiger partial charge in [0, 0.05) is 29.3 Å². The average molecular weight is 356 g/mol. The van der Waals surface area contributed by atoms with Crippen molar-refractivity contribution < 1.29 is 4.79 Å². The highest BCUT2D eigenvalue weighted by molar-refractivity contribution is 6.35. The lowest BCUT2D eigenvalue weighted by atomic mass is 9.91. The van der Waals surface area contributed by atoms with Crippen molar-refractivity contribution in [3.8, 4) is 11.3 Å². The number of piperidine rings is 1. The van der Waals surface area contributed by atoms with Crippen LogP contribution in [0.4, 0.5) is 0 Å². The van der Waals surface area contributed by atoms with E-state index in [-0.39, 0.29) is 11.7 Å². The number of Topliss-reactive ketones (excluding diaryl/α,β-unsaturated/α-hetero) is 1. The van der Waals surface area contributed by atoms with Gasteiger partial charge in [0.2, 0.25) is 0 Å². The number of H-pyrrole nitrogens is 1. The molecule has 3 aromatic heterocycles. The van der Waals surface area contributed by atoms with Crippen molar-refractivity contribution in [2.24, 2.45) is 5.92 Å². The van der Waals surface area contributed by atoms with Crippen molar-refractivity contribution in [3.63, 3.8) is 0 Å². The fraction of sp³-hybridized carbons (Fsp3) is 0.333. The molecule has 1 N–H and O–H groups in total. The van der Waals surface area contributed by atoms with Crippen LogP contribution in [0.1, 0.15) is 23.3 Å². The van der Waals surface area contributed by atoms with Crippen LogP contribution in [0.3, 0.4) is 0 Å². The Morgan fingerprint density at radius 3 is 2.88 bits per heavy atom. The summed E-state index contributed by atoms with van der Waals surface area (Å²) in [4.78, 5) is 31.1. The van der Waals surface area contributed by atoms with Crippen molar-refractivity contribution in [2.75, 3.05) is 20.1 Å². The van der Waals surface area contributed by atoms with Gasteiger partial charge in [0.25, 0.3) is 0 Å². The molecule has 0 spiro atoms. The van der Waals surface area contributed by atoms with Gasteiger partial charge in [-0.2, -0.15) is 0 Å². The second-order valence-electron chi connectivity index (χ2n) is 6.49. The molecule has 6 nitrogen and oxygen atoms in total.